The van der Waals surface area contributed by atoms with E-state index in [1.165, 1.54) is 4.68 Å². The van der Waals surface area contributed by atoms with Crippen LogP contribution in [0.2, 0.25) is 0 Å². The number of nitrogens with one attached hydrogen (secondary N) is 3. The fourth-order valence-corrected chi connectivity index (χ4v) is 4.69. The lowest BCUT2D eigenvalue weighted by molar-refractivity contribution is -0.133. The van der Waals surface area contributed by atoms with E-state index in [-0.39, 0.29) is 5.69 Å². The average Bonchev–Trinajstić information content (AvgIpc) is 3.15. The Morgan fingerprint density at radius 1 is 0.800 bits per heavy atom. The largest absolute Gasteiger partial charge is 0.328 e. The van der Waals surface area contributed by atoms with Crippen molar-refractivity contribution in [1.82, 2.24) is 4.68 Å². The lowest BCUT2D eigenvalue weighted by Gasteiger charge is -2.14. The summed E-state index contributed by atoms with van der Waals surface area (Å²) in [5, 5.41) is 6.24. The topological polar surface area (TPSA) is 92.2 Å². The summed E-state index contributed by atoms with van der Waals surface area (Å²) in [7, 11) is 0. The molecule has 178 valence electrons. The molecule has 1 aromatic heterocycles. The lowest BCUT2D eigenvalue weighted by atomic mass is 10.1. The van der Waals surface area contributed by atoms with E-state index in [0.29, 0.717) is 22.3 Å². The van der Waals surface area contributed by atoms with Gasteiger partial charge in [-0.15, -0.1) is 0 Å². The van der Waals surface area contributed by atoms with Crippen LogP contribution in [0.5, 0.6) is 0 Å². The fraction of sp³-hybridized carbons (Fsp3) is 0.115. The van der Waals surface area contributed by atoms with Gasteiger partial charge < -0.3 is 10.6 Å². The summed E-state index contributed by atoms with van der Waals surface area (Å²) in [6.45, 7) is 5.65. The number of amides is 3. The Morgan fingerprint density at radius 2 is 1.51 bits per heavy atom. The van der Waals surface area contributed by atoms with Gasteiger partial charge >= 0.3 is 11.8 Å². The number of anilines is 2. The molecule has 3 aromatic carbocycles. The number of hydrogen-bond donors (Lipinski definition) is 3. The summed E-state index contributed by atoms with van der Waals surface area (Å²) in [5.41, 5.74) is 7.19. The molecule has 0 aliphatic carbocycles. The van der Waals surface area contributed by atoms with Crippen LogP contribution in [0, 0.1) is 20.8 Å². The average molecular weight is 598 g/mol. The van der Waals surface area contributed by atoms with Crippen LogP contribution in [0.3, 0.4) is 0 Å². The van der Waals surface area contributed by atoms with Gasteiger partial charge in [0.05, 0.1) is 11.2 Å². The molecule has 0 saturated carbocycles. The number of aryl methyl sites for hydroxylation is 3. The van der Waals surface area contributed by atoms with Gasteiger partial charge in [-0.3, -0.25) is 19.8 Å². The Kier molecular flexibility index (Phi) is 7.09. The number of fused-ring (bicyclic) bond motifs is 1. The van der Waals surface area contributed by atoms with Gasteiger partial charge in [0.1, 0.15) is 5.69 Å². The number of para-hydroxylation sites is 1. The van der Waals surface area contributed by atoms with Crippen molar-refractivity contribution in [3.8, 4) is 0 Å². The zero-order valence-corrected chi connectivity index (χ0v) is 22.4. The molecule has 0 fully saturated rings. The number of rotatable bonds is 4. The predicted molar refractivity (Wildman–Crippen MR) is 145 cm³/mol. The van der Waals surface area contributed by atoms with E-state index >= 15 is 0 Å². The fourth-order valence-electron chi connectivity index (χ4n) is 3.72. The van der Waals surface area contributed by atoms with Crippen LogP contribution in [0.25, 0.3) is 10.9 Å². The monoisotopic (exact) mass is 596 g/mol. The van der Waals surface area contributed by atoms with Crippen molar-refractivity contribution in [2.75, 3.05) is 16.1 Å². The SMILES string of the molecule is Cc1ccc(NC(=O)c2cc3cc(Br)ccc3n2NC(=O)C(=O)Nc2c(C)cccc2C)c(Br)c1. The van der Waals surface area contributed by atoms with E-state index in [9.17, 15) is 14.4 Å². The van der Waals surface area contributed by atoms with Crippen molar-refractivity contribution in [2.45, 2.75) is 20.8 Å². The summed E-state index contributed by atoms with van der Waals surface area (Å²) in [6, 6.07) is 18.2. The van der Waals surface area contributed by atoms with Gasteiger partial charge in [-0.2, -0.15) is 0 Å². The Balaban J connectivity index is 1.65. The molecule has 0 bridgehead atoms. The predicted octanol–water partition coefficient (Wildman–Crippen LogP) is 6.05. The van der Waals surface area contributed by atoms with E-state index < -0.39 is 17.7 Å². The summed E-state index contributed by atoms with van der Waals surface area (Å²) >= 11 is 6.89. The molecule has 0 saturated heterocycles. The van der Waals surface area contributed by atoms with Crippen molar-refractivity contribution in [1.29, 1.82) is 0 Å². The number of nitrogens with zero attached hydrogens (tertiary/aromatic N) is 1. The van der Waals surface area contributed by atoms with Crippen LogP contribution in [0.1, 0.15) is 27.2 Å². The van der Waals surface area contributed by atoms with Gasteiger partial charge in [-0.25, -0.2) is 4.68 Å². The van der Waals surface area contributed by atoms with Crippen molar-refractivity contribution < 1.29 is 14.4 Å². The minimum absolute atomic E-state index is 0.166. The van der Waals surface area contributed by atoms with Crippen molar-refractivity contribution >= 4 is 71.9 Å². The Labute approximate surface area is 219 Å². The van der Waals surface area contributed by atoms with Crippen LogP contribution in [-0.2, 0) is 9.59 Å². The molecule has 0 aliphatic rings. The maximum absolute atomic E-state index is 13.2. The summed E-state index contributed by atoms with van der Waals surface area (Å²) in [4.78, 5) is 38.9. The van der Waals surface area contributed by atoms with Gasteiger partial charge in [0.15, 0.2) is 0 Å². The number of aromatic nitrogens is 1. The van der Waals surface area contributed by atoms with E-state index in [0.717, 1.165) is 25.6 Å². The molecule has 35 heavy (non-hydrogen) atoms. The molecule has 3 amide bonds. The van der Waals surface area contributed by atoms with E-state index in [1.807, 2.05) is 57.2 Å². The first-order valence-electron chi connectivity index (χ1n) is 10.7. The van der Waals surface area contributed by atoms with Gasteiger partial charge in [0.25, 0.3) is 5.91 Å². The summed E-state index contributed by atoms with van der Waals surface area (Å²) < 4.78 is 2.87. The van der Waals surface area contributed by atoms with Gasteiger partial charge in [-0.05, 0) is 89.8 Å². The first kappa shape index (κ1) is 24.7. The zero-order chi connectivity index (χ0) is 25.3. The molecule has 0 radical (unpaired) electrons. The Bertz CT molecular complexity index is 1470. The summed E-state index contributed by atoms with van der Waals surface area (Å²) in [5.74, 6) is -2.19. The number of carbonyl (C=O) groups excluding carboxylic acids is 3. The van der Waals surface area contributed by atoms with E-state index in [4.69, 9.17) is 0 Å². The molecule has 0 aliphatic heterocycles. The van der Waals surface area contributed by atoms with E-state index in [1.54, 1.807) is 24.3 Å². The van der Waals surface area contributed by atoms with Gasteiger partial charge in [0.2, 0.25) is 0 Å². The van der Waals surface area contributed by atoms with Crippen LogP contribution in [0.4, 0.5) is 11.4 Å². The first-order chi connectivity index (χ1) is 16.6. The minimum Gasteiger partial charge on any atom is -0.320 e. The van der Waals surface area contributed by atoms with Gasteiger partial charge in [-0.1, -0.05) is 40.2 Å². The first-order valence-corrected chi connectivity index (χ1v) is 12.3. The Hall–Kier alpha value is -3.43. The number of carbonyl (C=O) groups is 3. The maximum atomic E-state index is 13.2. The van der Waals surface area contributed by atoms with E-state index in [2.05, 4.69) is 47.9 Å². The third-order valence-corrected chi connectivity index (χ3v) is 6.66. The second-order valence-electron chi connectivity index (χ2n) is 8.17. The molecule has 0 unspecified atom stereocenters. The molecular weight excluding hydrogens is 576 g/mol. The van der Waals surface area contributed by atoms with Gasteiger partial charge in [0, 0.05) is 20.0 Å². The molecule has 1 heterocycles. The second-order valence-corrected chi connectivity index (χ2v) is 9.94. The van der Waals surface area contributed by atoms with Crippen molar-refractivity contribution in [3.05, 3.63) is 92.0 Å². The molecular formula is C26H22Br2N4O3. The number of benzene rings is 3. The highest BCUT2D eigenvalue weighted by atomic mass is 79.9. The molecule has 9 heteroatoms. The van der Waals surface area contributed by atoms with Crippen LogP contribution in [-0.4, -0.2) is 22.4 Å². The summed E-state index contributed by atoms with van der Waals surface area (Å²) in [6.07, 6.45) is 0. The lowest BCUT2D eigenvalue weighted by Crippen LogP contribution is -2.36. The molecule has 4 rings (SSSR count). The second kappa shape index (κ2) is 10.1. The highest BCUT2D eigenvalue weighted by Gasteiger charge is 2.22. The number of halogens is 2. The molecule has 3 N–H and O–H groups in total. The highest BCUT2D eigenvalue weighted by Crippen LogP contribution is 2.27. The maximum Gasteiger partial charge on any atom is 0.328 e. The molecule has 4 aromatic rings. The normalized spacial score (nSPS) is 10.8. The highest BCUT2D eigenvalue weighted by molar-refractivity contribution is 9.10. The third-order valence-electron chi connectivity index (χ3n) is 5.51. The smallest absolute Gasteiger partial charge is 0.320 e. The number of hydrogen-bond acceptors (Lipinski definition) is 3. The molecule has 7 nitrogen and oxygen atoms in total. The van der Waals surface area contributed by atoms with Crippen LogP contribution in [0.15, 0.2) is 69.6 Å². The minimum atomic E-state index is -0.904. The Morgan fingerprint density at radius 3 is 2.20 bits per heavy atom. The van der Waals surface area contributed by atoms with Crippen molar-refractivity contribution in [2.24, 2.45) is 0 Å². The molecule has 0 atom stereocenters. The quantitative estimate of drug-likeness (QED) is 0.250. The van der Waals surface area contributed by atoms with Crippen LogP contribution >= 0.6 is 31.9 Å². The van der Waals surface area contributed by atoms with Crippen LogP contribution < -0.4 is 16.1 Å². The van der Waals surface area contributed by atoms with Crippen molar-refractivity contribution in [3.63, 3.8) is 0 Å². The zero-order valence-electron chi connectivity index (χ0n) is 19.2. The standard InChI is InChI=1S/C26H22Br2N4O3/c1-14-7-9-20(19(28)11-14)29-24(33)22-13-17-12-18(27)8-10-21(17)32(22)31-26(35)25(34)30-23-15(2)5-4-6-16(23)3/h4-13H,1-3H3,(H,29,33)(H,30,34)(H,31,35). The third kappa shape index (κ3) is 5.31. The molecule has 0 spiro atoms.